The van der Waals surface area contributed by atoms with Gasteiger partial charge in [-0.15, -0.1) is 0 Å². The summed E-state index contributed by atoms with van der Waals surface area (Å²) in [5, 5.41) is 2.91. The van der Waals surface area contributed by atoms with E-state index in [4.69, 9.17) is 0 Å². The Morgan fingerprint density at radius 2 is 1.94 bits per heavy atom. The van der Waals surface area contributed by atoms with Crippen LogP contribution in [0.5, 0.6) is 0 Å². The van der Waals surface area contributed by atoms with Crippen LogP contribution in [0.1, 0.15) is 18.1 Å². The van der Waals surface area contributed by atoms with E-state index < -0.39 is 8.07 Å². The van der Waals surface area contributed by atoms with Crippen molar-refractivity contribution in [3.05, 3.63) is 29.3 Å². The molecular weight excluding hydrogens is 214 g/mol. The van der Waals surface area contributed by atoms with E-state index in [1.54, 1.807) is 6.92 Å². The van der Waals surface area contributed by atoms with Crippen LogP contribution >= 0.6 is 0 Å². The van der Waals surface area contributed by atoms with Crippen LogP contribution in [0.25, 0.3) is 0 Å². The quantitative estimate of drug-likeness (QED) is 0.800. The smallest absolute Gasteiger partial charge is 0.221 e. The maximum absolute atomic E-state index is 11.1. The molecule has 0 bridgehead atoms. The van der Waals surface area contributed by atoms with Crippen molar-refractivity contribution >= 4 is 19.7 Å². The monoisotopic (exact) mass is 235 g/mol. The van der Waals surface area contributed by atoms with Gasteiger partial charge in [0.25, 0.3) is 0 Å². The summed E-state index contributed by atoms with van der Waals surface area (Å²) in [6.07, 6.45) is 0. The summed E-state index contributed by atoms with van der Waals surface area (Å²) in [6.45, 7) is 10.7. The largest absolute Gasteiger partial charge is 0.326 e. The van der Waals surface area contributed by atoms with E-state index >= 15 is 0 Å². The number of amides is 1. The van der Waals surface area contributed by atoms with Crippen LogP contribution in [0.2, 0.25) is 19.6 Å². The van der Waals surface area contributed by atoms with Crippen molar-refractivity contribution in [2.75, 3.05) is 5.32 Å². The van der Waals surface area contributed by atoms with E-state index in [0.29, 0.717) is 0 Å². The third kappa shape index (κ3) is 4.19. The zero-order valence-corrected chi connectivity index (χ0v) is 11.8. The van der Waals surface area contributed by atoms with Gasteiger partial charge >= 0.3 is 0 Å². The summed E-state index contributed by atoms with van der Waals surface area (Å²) in [7, 11) is -1.15. The third-order valence-corrected chi connectivity index (χ3v) is 3.73. The van der Waals surface area contributed by atoms with Crippen LogP contribution < -0.4 is 5.32 Å². The second-order valence-electron chi connectivity index (χ2n) is 5.58. The molecule has 0 atom stereocenters. The lowest BCUT2D eigenvalue weighted by atomic mass is 10.1. The van der Waals surface area contributed by atoms with Gasteiger partial charge in [0.2, 0.25) is 5.91 Å². The Morgan fingerprint density at radius 3 is 2.44 bits per heavy atom. The molecule has 0 aliphatic heterocycles. The van der Waals surface area contributed by atoms with Crippen LogP contribution in [0.15, 0.2) is 18.2 Å². The van der Waals surface area contributed by atoms with Gasteiger partial charge in [0, 0.05) is 20.7 Å². The normalized spacial score (nSPS) is 11.3. The first kappa shape index (κ1) is 13.0. The van der Waals surface area contributed by atoms with E-state index in [1.165, 1.54) is 11.1 Å². The first-order valence-electron chi connectivity index (χ1n) is 5.65. The zero-order chi connectivity index (χ0) is 12.3. The number of nitrogens with one attached hydrogen (secondary N) is 1. The van der Waals surface area contributed by atoms with Gasteiger partial charge in [-0.1, -0.05) is 37.3 Å². The molecule has 0 radical (unpaired) electrons. The SMILES string of the molecule is CC(=O)Nc1ccc(C)cc1C[Si](C)(C)C. The van der Waals surface area contributed by atoms with Crippen molar-refractivity contribution in [3.63, 3.8) is 0 Å². The Balaban J connectivity index is 3.03. The maximum Gasteiger partial charge on any atom is 0.221 e. The number of anilines is 1. The Morgan fingerprint density at radius 1 is 1.31 bits per heavy atom. The highest BCUT2D eigenvalue weighted by atomic mass is 28.3. The lowest BCUT2D eigenvalue weighted by Gasteiger charge is -2.19. The average molecular weight is 235 g/mol. The average Bonchev–Trinajstić information content (AvgIpc) is 2.06. The summed E-state index contributed by atoms with van der Waals surface area (Å²) in [5.74, 6) is 0.000629. The maximum atomic E-state index is 11.1. The van der Waals surface area contributed by atoms with Crippen LogP contribution in [0.3, 0.4) is 0 Å². The molecule has 0 saturated carbocycles. The fourth-order valence-electron chi connectivity index (χ4n) is 1.75. The molecule has 16 heavy (non-hydrogen) atoms. The summed E-state index contributed by atoms with van der Waals surface area (Å²) in [4.78, 5) is 11.1. The number of hydrogen-bond acceptors (Lipinski definition) is 1. The topological polar surface area (TPSA) is 29.1 Å². The molecule has 1 amide bonds. The summed E-state index contributed by atoms with van der Waals surface area (Å²) in [5.41, 5.74) is 3.50. The van der Waals surface area contributed by atoms with Gasteiger partial charge in [0.15, 0.2) is 0 Å². The number of hydrogen-bond donors (Lipinski definition) is 1. The van der Waals surface area contributed by atoms with E-state index in [9.17, 15) is 4.79 Å². The van der Waals surface area contributed by atoms with Crippen molar-refractivity contribution in [3.8, 4) is 0 Å². The van der Waals surface area contributed by atoms with Gasteiger partial charge in [0.05, 0.1) is 0 Å². The molecule has 1 rings (SSSR count). The second-order valence-corrected chi connectivity index (χ2v) is 11.1. The van der Waals surface area contributed by atoms with E-state index in [2.05, 4.69) is 37.9 Å². The Labute approximate surface area is 99.1 Å². The highest BCUT2D eigenvalue weighted by Crippen LogP contribution is 2.22. The van der Waals surface area contributed by atoms with Gasteiger partial charge in [-0.2, -0.15) is 0 Å². The lowest BCUT2D eigenvalue weighted by Crippen LogP contribution is -2.25. The van der Waals surface area contributed by atoms with Crippen LogP contribution in [-0.4, -0.2) is 14.0 Å². The molecule has 2 nitrogen and oxygen atoms in total. The first-order valence-corrected chi connectivity index (χ1v) is 9.36. The Kier molecular flexibility index (Phi) is 3.91. The fraction of sp³-hybridized carbons (Fsp3) is 0.462. The molecule has 1 aromatic carbocycles. The third-order valence-electron chi connectivity index (χ3n) is 2.29. The number of carbonyl (C=O) groups is 1. The minimum Gasteiger partial charge on any atom is -0.326 e. The molecule has 1 aromatic rings. The van der Waals surface area contributed by atoms with Gasteiger partial charge < -0.3 is 5.32 Å². The van der Waals surface area contributed by atoms with E-state index in [-0.39, 0.29) is 5.91 Å². The van der Waals surface area contributed by atoms with Crippen molar-refractivity contribution in [1.29, 1.82) is 0 Å². The summed E-state index contributed by atoms with van der Waals surface area (Å²) < 4.78 is 0. The highest BCUT2D eigenvalue weighted by molar-refractivity contribution is 6.75. The predicted molar refractivity (Wildman–Crippen MR) is 72.5 cm³/mol. The summed E-state index contributed by atoms with van der Waals surface area (Å²) >= 11 is 0. The number of aryl methyl sites for hydroxylation is 1. The standard InChI is InChI=1S/C13H21NOSi/c1-10-6-7-13(14-11(2)15)12(8-10)9-16(3,4)5/h6-8H,9H2,1-5H3,(H,14,15). The van der Waals surface area contributed by atoms with Crippen LogP contribution in [0, 0.1) is 6.92 Å². The molecule has 0 unspecified atom stereocenters. The molecule has 0 spiro atoms. The van der Waals surface area contributed by atoms with Gasteiger partial charge in [-0.25, -0.2) is 0 Å². The Bertz CT molecular complexity index is 393. The van der Waals surface area contributed by atoms with Crippen molar-refractivity contribution in [2.24, 2.45) is 0 Å². The molecule has 0 aromatic heterocycles. The van der Waals surface area contributed by atoms with E-state index in [1.807, 2.05) is 12.1 Å². The zero-order valence-electron chi connectivity index (χ0n) is 10.8. The minimum absolute atomic E-state index is 0.000629. The van der Waals surface area contributed by atoms with E-state index in [0.717, 1.165) is 11.7 Å². The number of carbonyl (C=O) groups excluding carboxylic acids is 1. The second kappa shape index (κ2) is 4.83. The van der Waals surface area contributed by atoms with Gasteiger partial charge in [-0.3, -0.25) is 4.79 Å². The molecule has 1 N–H and O–H groups in total. The predicted octanol–water partition coefficient (Wildman–Crippen LogP) is 3.37. The molecule has 0 saturated heterocycles. The molecular formula is C13H21NOSi. The number of benzene rings is 1. The molecule has 3 heteroatoms. The van der Waals surface area contributed by atoms with Gasteiger partial charge in [-0.05, 0) is 24.6 Å². The molecule has 88 valence electrons. The minimum atomic E-state index is -1.15. The fourth-order valence-corrected chi connectivity index (χ4v) is 3.19. The number of rotatable bonds is 3. The highest BCUT2D eigenvalue weighted by Gasteiger charge is 2.16. The molecule has 0 aliphatic rings. The first-order chi connectivity index (χ1) is 7.28. The van der Waals surface area contributed by atoms with Crippen molar-refractivity contribution < 1.29 is 4.79 Å². The van der Waals surface area contributed by atoms with Crippen molar-refractivity contribution in [1.82, 2.24) is 0 Å². The van der Waals surface area contributed by atoms with Crippen LogP contribution in [-0.2, 0) is 10.8 Å². The molecule has 0 aliphatic carbocycles. The Hall–Kier alpha value is -1.09. The van der Waals surface area contributed by atoms with Gasteiger partial charge in [0.1, 0.15) is 0 Å². The molecule has 0 fully saturated rings. The lowest BCUT2D eigenvalue weighted by molar-refractivity contribution is -0.114. The summed E-state index contributed by atoms with van der Waals surface area (Å²) in [6, 6.07) is 7.33. The molecule has 0 heterocycles. The van der Waals surface area contributed by atoms with Crippen LogP contribution in [0.4, 0.5) is 5.69 Å². The van der Waals surface area contributed by atoms with Crippen molar-refractivity contribution in [2.45, 2.75) is 39.5 Å².